The molecule has 0 radical (unpaired) electrons. The topological polar surface area (TPSA) is 77.4 Å². The maximum absolute atomic E-state index is 10.7. The number of ether oxygens (including phenoxy) is 4. The minimum Gasteiger partial charge on any atom is -0.507 e. The van der Waals surface area contributed by atoms with Gasteiger partial charge in [0.25, 0.3) is 0 Å². The molecule has 2 atom stereocenters. The van der Waals surface area contributed by atoms with E-state index < -0.39 is 0 Å². The van der Waals surface area contributed by atoms with E-state index in [1.807, 2.05) is 50.3 Å². The summed E-state index contributed by atoms with van der Waals surface area (Å²) in [4.78, 5) is 0. The van der Waals surface area contributed by atoms with Gasteiger partial charge < -0.3 is 29.2 Å². The number of hydrogen-bond donors (Lipinski definition) is 2. The molecule has 3 aromatic rings. The van der Waals surface area contributed by atoms with Crippen molar-refractivity contribution in [3.05, 3.63) is 70.3 Å². The third kappa shape index (κ3) is 6.53. The molecular formula is C36H44O6. The van der Waals surface area contributed by atoms with Gasteiger partial charge in [0, 0.05) is 5.92 Å². The molecule has 0 bridgehead atoms. The van der Waals surface area contributed by atoms with Crippen LogP contribution in [0.5, 0.6) is 34.5 Å². The summed E-state index contributed by atoms with van der Waals surface area (Å²) in [6.45, 7) is 8.70. The average molecular weight is 573 g/mol. The summed E-state index contributed by atoms with van der Waals surface area (Å²) < 4.78 is 22.9. The molecule has 1 aliphatic carbocycles. The Morgan fingerprint density at radius 3 is 2.00 bits per heavy atom. The number of rotatable bonds is 7. The van der Waals surface area contributed by atoms with E-state index in [-0.39, 0.29) is 23.0 Å². The minimum absolute atomic E-state index is 0.0154. The van der Waals surface area contributed by atoms with Gasteiger partial charge in [-0.2, -0.15) is 0 Å². The van der Waals surface area contributed by atoms with Crippen molar-refractivity contribution in [2.45, 2.75) is 59.5 Å². The molecule has 2 N–H and O–H groups in total. The molecule has 1 aliphatic heterocycles. The summed E-state index contributed by atoms with van der Waals surface area (Å²) in [7, 11) is 4.84. The molecule has 0 spiro atoms. The van der Waals surface area contributed by atoms with E-state index in [1.54, 1.807) is 45.6 Å². The zero-order valence-electron chi connectivity index (χ0n) is 25.9. The van der Waals surface area contributed by atoms with Gasteiger partial charge in [-0.15, -0.1) is 0 Å². The van der Waals surface area contributed by atoms with Crippen LogP contribution in [0.2, 0.25) is 0 Å². The Morgan fingerprint density at radius 2 is 1.36 bits per heavy atom. The lowest BCUT2D eigenvalue weighted by Gasteiger charge is -2.47. The van der Waals surface area contributed by atoms with Crippen LogP contribution in [0.15, 0.2) is 42.5 Å². The molecule has 1 heterocycles. The van der Waals surface area contributed by atoms with Crippen LogP contribution in [0.25, 0.3) is 24.3 Å². The quantitative estimate of drug-likeness (QED) is 0.276. The van der Waals surface area contributed by atoms with Crippen LogP contribution >= 0.6 is 0 Å². The van der Waals surface area contributed by atoms with Gasteiger partial charge in [0.05, 0.1) is 26.9 Å². The second-order valence-corrected chi connectivity index (χ2v) is 11.3. The molecule has 5 rings (SSSR count). The molecule has 6 heteroatoms. The molecule has 3 aromatic carbocycles. The fourth-order valence-corrected chi connectivity index (χ4v) is 6.04. The number of phenols is 2. The Morgan fingerprint density at radius 1 is 0.762 bits per heavy atom. The molecule has 1 saturated carbocycles. The number of phenolic OH excluding ortho intramolecular Hbond substituents is 2. The summed E-state index contributed by atoms with van der Waals surface area (Å²) >= 11 is 0. The standard InChI is InChI=1S/C34H38O6.C2H6/c1-34(2)14-6-7-29-26(34)20-24-15-22(19-32(39-5)33(24)40-29)8-9-23-16-27(35)25(28(36)17-23)12-10-21-11-13-30(37-3)31(18-21)38-4;1-2/h8-13,15-19,26,29,35-36H,6-7,14,20H2,1-5H3;1-2H3/b9-8+,12-10+;. The van der Waals surface area contributed by atoms with Crippen LogP contribution in [-0.2, 0) is 6.42 Å². The number of methoxy groups -OCH3 is 3. The van der Waals surface area contributed by atoms with E-state index in [9.17, 15) is 10.2 Å². The van der Waals surface area contributed by atoms with Crippen LogP contribution < -0.4 is 18.9 Å². The second-order valence-electron chi connectivity index (χ2n) is 11.3. The number of aromatic hydroxyl groups is 2. The lowest BCUT2D eigenvalue weighted by atomic mass is 9.64. The SMILES string of the molecule is CC.COc1ccc(/C=C/c2c(O)cc(/C=C/c3cc4c(c(OC)c3)OC3CCCC(C)(C)C3C4)cc2O)cc1OC. The summed E-state index contributed by atoms with van der Waals surface area (Å²) in [6, 6.07) is 12.9. The van der Waals surface area contributed by atoms with Crippen molar-refractivity contribution in [3.8, 4) is 34.5 Å². The first kappa shape index (κ1) is 30.9. The predicted octanol–water partition coefficient (Wildman–Crippen LogP) is 8.62. The van der Waals surface area contributed by atoms with Crippen molar-refractivity contribution in [1.29, 1.82) is 0 Å². The third-order valence-corrected chi connectivity index (χ3v) is 8.32. The zero-order valence-corrected chi connectivity index (χ0v) is 25.9. The molecule has 0 saturated heterocycles. The summed E-state index contributed by atoms with van der Waals surface area (Å²) in [6.07, 6.45) is 12.0. The Labute approximate surface area is 250 Å². The molecule has 42 heavy (non-hydrogen) atoms. The summed E-state index contributed by atoms with van der Waals surface area (Å²) in [5.74, 6) is 3.28. The van der Waals surface area contributed by atoms with E-state index in [1.165, 1.54) is 12.8 Å². The smallest absolute Gasteiger partial charge is 0.164 e. The highest BCUT2D eigenvalue weighted by Crippen LogP contribution is 2.50. The van der Waals surface area contributed by atoms with Crippen LogP contribution in [0, 0.1) is 11.3 Å². The van der Waals surface area contributed by atoms with Gasteiger partial charge in [-0.1, -0.05) is 52.0 Å². The van der Waals surface area contributed by atoms with E-state index in [4.69, 9.17) is 18.9 Å². The predicted molar refractivity (Wildman–Crippen MR) is 171 cm³/mol. The minimum atomic E-state index is -0.0154. The molecule has 224 valence electrons. The number of benzene rings is 3. The Bertz CT molecular complexity index is 1430. The largest absolute Gasteiger partial charge is 0.507 e. The molecule has 6 nitrogen and oxygen atoms in total. The van der Waals surface area contributed by atoms with E-state index in [0.29, 0.717) is 28.5 Å². The second kappa shape index (κ2) is 13.3. The van der Waals surface area contributed by atoms with Crippen molar-refractivity contribution >= 4 is 24.3 Å². The fraction of sp³-hybridized carbons (Fsp3) is 0.389. The first-order valence-electron chi connectivity index (χ1n) is 14.7. The third-order valence-electron chi connectivity index (χ3n) is 8.32. The van der Waals surface area contributed by atoms with Crippen LogP contribution in [0.4, 0.5) is 0 Å². The molecule has 1 fully saturated rings. The zero-order chi connectivity index (χ0) is 30.4. The maximum Gasteiger partial charge on any atom is 0.164 e. The van der Waals surface area contributed by atoms with Gasteiger partial charge in [0.15, 0.2) is 23.0 Å². The Kier molecular flexibility index (Phi) is 9.77. The van der Waals surface area contributed by atoms with Crippen LogP contribution in [0.3, 0.4) is 0 Å². The average Bonchev–Trinajstić information content (AvgIpc) is 2.99. The first-order valence-corrected chi connectivity index (χ1v) is 14.7. The first-order chi connectivity index (χ1) is 20.2. The number of fused-ring (bicyclic) bond motifs is 2. The molecule has 2 aliphatic rings. The maximum atomic E-state index is 10.7. The monoisotopic (exact) mass is 572 g/mol. The molecule has 2 unspecified atom stereocenters. The van der Waals surface area contributed by atoms with E-state index >= 15 is 0 Å². The van der Waals surface area contributed by atoms with Gasteiger partial charge in [0.1, 0.15) is 17.6 Å². The van der Waals surface area contributed by atoms with Gasteiger partial charge >= 0.3 is 0 Å². The highest BCUT2D eigenvalue weighted by Gasteiger charge is 2.43. The van der Waals surface area contributed by atoms with E-state index in [2.05, 4.69) is 19.9 Å². The summed E-state index contributed by atoms with van der Waals surface area (Å²) in [5.41, 5.74) is 4.24. The van der Waals surface area contributed by atoms with Gasteiger partial charge in [-0.25, -0.2) is 0 Å². The van der Waals surface area contributed by atoms with Gasteiger partial charge in [0.2, 0.25) is 0 Å². The van der Waals surface area contributed by atoms with Crippen molar-refractivity contribution in [2.75, 3.05) is 21.3 Å². The lowest BCUT2D eigenvalue weighted by molar-refractivity contribution is -0.00708. The normalized spacial score (nSPS) is 18.8. The van der Waals surface area contributed by atoms with Gasteiger partial charge in [-0.05, 0) is 95.8 Å². The Hall–Kier alpha value is -4.06. The van der Waals surface area contributed by atoms with E-state index in [0.717, 1.165) is 41.0 Å². The van der Waals surface area contributed by atoms with Gasteiger partial charge in [-0.3, -0.25) is 0 Å². The molecular weight excluding hydrogens is 528 g/mol. The van der Waals surface area contributed by atoms with Crippen molar-refractivity contribution in [2.24, 2.45) is 11.3 Å². The van der Waals surface area contributed by atoms with Crippen molar-refractivity contribution < 1.29 is 29.2 Å². The summed E-state index contributed by atoms with van der Waals surface area (Å²) in [5, 5.41) is 21.4. The highest BCUT2D eigenvalue weighted by atomic mass is 16.5. The van der Waals surface area contributed by atoms with Crippen LogP contribution in [0.1, 0.15) is 74.8 Å². The Balaban J connectivity index is 0.00000198. The molecule has 0 aromatic heterocycles. The van der Waals surface area contributed by atoms with Crippen LogP contribution in [-0.4, -0.2) is 37.6 Å². The lowest BCUT2D eigenvalue weighted by Crippen LogP contribution is -2.45. The molecule has 0 amide bonds. The fourth-order valence-electron chi connectivity index (χ4n) is 6.04. The number of hydrogen-bond acceptors (Lipinski definition) is 6. The highest BCUT2D eigenvalue weighted by molar-refractivity contribution is 5.80. The van der Waals surface area contributed by atoms with Crippen molar-refractivity contribution in [1.82, 2.24) is 0 Å². The van der Waals surface area contributed by atoms with Crippen molar-refractivity contribution in [3.63, 3.8) is 0 Å².